The van der Waals surface area contributed by atoms with E-state index in [4.69, 9.17) is 16.3 Å². The van der Waals surface area contributed by atoms with E-state index in [0.29, 0.717) is 24.5 Å². The van der Waals surface area contributed by atoms with Gasteiger partial charge in [-0.25, -0.2) is 0 Å². The Hall–Kier alpha value is -2.53. The van der Waals surface area contributed by atoms with Gasteiger partial charge in [0.15, 0.2) is 0 Å². The van der Waals surface area contributed by atoms with Gasteiger partial charge in [0, 0.05) is 18.1 Å². The number of carbonyl (C=O) groups excluding carboxylic acids is 2. The minimum absolute atomic E-state index is 0.212. The Labute approximate surface area is 152 Å². The molecule has 2 rings (SSSR count). The molecule has 0 spiro atoms. The van der Waals surface area contributed by atoms with E-state index in [9.17, 15) is 9.59 Å². The molecule has 0 unspecified atom stereocenters. The minimum Gasteiger partial charge on any atom is -0.496 e. The van der Waals surface area contributed by atoms with Gasteiger partial charge in [0.05, 0.1) is 7.11 Å². The summed E-state index contributed by atoms with van der Waals surface area (Å²) in [4.78, 5) is 23.7. The van der Waals surface area contributed by atoms with Gasteiger partial charge in [0.2, 0.25) is 11.8 Å². The predicted molar refractivity (Wildman–Crippen MR) is 97.6 cm³/mol. The number of rotatable bonds is 8. The van der Waals surface area contributed by atoms with E-state index in [1.165, 1.54) is 0 Å². The average Bonchev–Trinajstić information content (AvgIpc) is 2.61. The fraction of sp³-hybridized carbons (Fsp3) is 0.263. The lowest BCUT2D eigenvalue weighted by Crippen LogP contribution is -2.32. The van der Waals surface area contributed by atoms with Crippen molar-refractivity contribution < 1.29 is 14.3 Å². The maximum Gasteiger partial charge on any atom is 0.229 e. The second kappa shape index (κ2) is 9.69. The van der Waals surface area contributed by atoms with Crippen LogP contribution >= 0.6 is 11.6 Å². The highest BCUT2D eigenvalue weighted by Gasteiger charge is 2.10. The molecule has 0 aliphatic rings. The first kappa shape index (κ1) is 18.8. The maximum absolute atomic E-state index is 11.8. The maximum atomic E-state index is 11.8. The summed E-state index contributed by atoms with van der Waals surface area (Å²) in [5, 5.41) is 6.02. The van der Waals surface area contributed by atoms with Gasteiger partial charge in [0.1, 0.15) is 12.2 Å². The van der Waals surface area contributed by atoms with Crippen LogP contribution in [-0.2, 0) is 22.6 Å². The number of nitrogens with one attached hydrogen (secondary N) is 2. The third kappa shape index (κ3) is 6.12. The van der Waals surface area contributed by atoms with Crippen LogP contribution in [0.4, 0.5) is 0 Å². The monoisotopic (exact) mass is 360 g/mol. The number of para-hydroxylation sites is 1. The summed E-state index contributed by atoms with van der Waals surface area (Å²) >= 11 is 6.02. The molecule has 0 heterocycles. The first-order valence-electron chi connectivity index (χ1n) is 7.99. The van der Waals surface area contributed by atoms with E-state index in [2.05, 4.69) is 10.6 Å². The second-order valence-corrected chi connectivity index (χ2v) is 5.86. The van der Waals surface area contributed by atoms with Crippen molar-refractivity contribution in [1.82, 2.24) is 10.6 Å². The van der Waals surface area contributed by atoms with Crippen LogP contribution in [0, 0.1) is 0 Å². The molecule has 0 atom stereocenters. The van der Waals surface area contributed by atoms with Crippen molar-refractivity contribution in [3.63, 3.8) is 0 Å². The molecule has 6 heteroatoms. The summed E-state index contributed by atoms with van der Waals surface area (Å²) in [5.41, 5.74) is 1.82. The number of amides is 2. The van der Waals surface area contributed by atoms with Gasteiger partial charge in [-0.2, -0.15) is 0 Å². The van der Waals surface area contributed by atoms with E-state index in [-0.39, 0.29) is 18.2 Å². The first-order valence-corrected chi connectivity index (χ1v) is 8.36. The van der Waals surface area contributed by atoms with E-state index in [0.717, 1.165) is 16.9 Å². The van der Waals surface area contributed by atoms with Crippen LogP contribution < -0.4 is 15.4 Å². The molecule has 0 saturated carbocycles. The lowest BCUT2D eigenvalue weighted by atomic mass is 10.1. The summed E-state index contributed by atoms with van der Waals surface area (Å²) in [6.07, 6.45) is 0.424. The number of hydrogen-bond donors (Lipinski definition) is 2. The van der Waals surface area contributed by atoms with Crippen LogP contribution in [0.3, 0.4) is 0 Å². The largest absolute Gasteiger partial charge is 0.496 e. The van der Waals surface area contributed by atoms with Crippen LogP contribution in [0.2, 0.25) is 5.02 Å². The predicted octanol–water partition coefficient (Wildman–Crippen LogP) is 2.71. The first-order chi connectivity index (χ1) is 12.1. The van der Waals surface area contributed by atoms with Crippen molar-refractivity contribution in [2.45, 2.75) is 19.4 Å². The minimum atomic E-state index is -0.338. The molecule has 0 aliphatic carbocycles. The molecule has 2 aromatic rings. The Kier molecular flexibility index (Phi) is 7.29. The summed E-state index contributed by atoms with van der Waals surface area (Å²) < 4.78 is 5.26. The molecule has 2 N–H and O–H groups in total. The van der Waals surface area contributed by atoms with Crippen molar-refractivity contribution in [3.8, 4) is 5.75 Å². The fourth-order valence-electron chi connectivity index (χ4n) is 2.35. The molecule has 2 aromatic carbocycles. The van der Waals surface area contributed by atoms with Crippen molar-refractivity contribution in [2.24, 2.45) is 0 Å². The highest BCUT2D eigenvalue weighted by atomic mass is 35.5. The summed E-state index contributed by atoms with van der Waals surface area (Å²) in [6, 6.07) is 14.9. The van der Waals surface area contributed by atoms with Gasteiger partial charge < -0.3 is 15.4 Å². The number of ether oxygens (including phenoxy) is 1. The zero-order valence-corrected chi connectivity index (χ0v) is 14.8. The van der Waals surface area contributed by atoms with Gasteiger partial charge in [-0.05, 0) is 29.7 Å². The molecular formula is C19H21ClN2O3. The topological polar surface area (TPSA) is 67.4 Å². The van der Waals surface area contributed by atoms with E-state index < -0.39 is 0 Å². The third-order valence-corrected chi connectivity index (χ3v) is 4.03. The lowest BCUT2D eigenvalue weighted by molar-refractivity contribution is -0.129. The molecule has 0 aromatic heterocycles. The Morgan fingerprint density at radius 1 is 0.960 bits per heavy atom. The SMILES string of the molecule is COc1ccccc1CCNC(=O)CC(=O)NCc1ccccc1Cl. The van der Waals surface area contributed by atoms with E-state index in [1.54, 1.807) is 13.2 Å². The second-order valence-electron chi connectivity index (χ2n) is 5.46. The molecule has 25 heavy (non-hydrogen) atoms. The molecule has 0 fully saturated rings. The number of benzene rings is 2. The summed E-state index contributed by atoms with van der Waals surface area (Å²) in [5.74, 6) is 0.135. The molecular weight excluding hydrogens is 340 g/mol. The smallest absolute Gasteiger partial charge is 0.229 e. The van der Waals surface area contributed by atoms with Crippen LogP contribution in [0.5, 0.6) is 5.75 Å². The third-order valence-electron chi connectivity index (χ3n) is 3.66. The Balaban J connectivity index is 1.71. The van der Waals surface area contributed by atoms with Crippen LogP contribution in [0.1, 0.15) is 17.5 Å². The van der Waals surface area contributed by atoms with Crippen LogP contribution in [-0.4, -0.2) is 25.5 Å². The quantitative estimate of drug-likeness (QED) is 0.711. The molecule has 0 saturated heterocycles. The number of carbonyl (C=O) groups is 2. The molecule has 5 nitrogen and oxygen atoms in total. The van der Waals surface area contributed by atoms with Gasteiger partial charge in [-0.1, -0.05) is 48.0 Å². The Morgan fingerprint density at radius 3 is 2.32 bits per heavy atom. The molecule has 2 amide bonds. The van der Waals surface area contributed by atoms with Gasteiger partial charge in [-0.3, -0.25) is 9.59 Å². The zero-order valence-electron chi connectivity index (χ0n) is 14.0. The van der Waals surface area contributed by atoms with E-state index >= 15 is 0 Å². The van der Waals surface area contributed by atoms with Crippen molar-refractivity contribution in [2.75, 3.05) is 13.7 Å². The highest BCUT2D eigenvalue weighted by Crippen LogP contribution is 2.17. The van der Waals surface area contributed by atoms with Crippen LogP contribution in [0.25, 0.3) is 0 Å². The lowest BCUT2D eigenvalue weighted by Gasteiger charge is -2.09. The number of methoxy groups -OCH3 is 1. The number of hydrogen-bond acceptors (Lipinski definition) is 3. The van der Waals surface area contributed by atoms with E-state index in [1.807, 2.05) is 42.5 Å². The van der Waals surface area contributed by atoms with Gasteiger partial charge in [-0.15, -0.1) is 0 Å². The van der Waals surface area contributed by atoms with Crippen LogP contribution in [0.15, 0.2) is 48.5 Å². The molecule has 132 valence electrons. The summed E-state index contributed by atoms with van der Waals surface area (Å²) in [7, 11) is 1.61. The Morgan fingerprint density at radius 2 is 1.60 bits per heavy atom. The fourth-order valence-corrected chi connectivity index (χ4v) is 2.56. The zero-order chi connectivity index (χ0) is 18.1. The van der Waals surface area contributed by atoms with Crippen molar-refractivity contribution in [1.29, 1.82) is 0 Å². The van der Waals surface area contributed by atoms with Gasteiger partial charge >= 0.3 is 0 Å². The van der Waals surface area contributed by atoms with Crippen molar-refractivity contribution >= 4 is 23.4 Å². The normalized spacial score (nSPS) is 10.2. The Bertz CT molecular complexity index is 734. The summed E-state index contributed by atoms with van der Waals surface area (Å²) in [6.45, 7) is 0.740. The molecule has 0 aliphatic heterocycles. The average molecular weight is 361 g/mol. The highest BCUT2D eigenvalue weighted by molar-refractivity contribution is 6.31. The number of halogens is 1. The molecule has 0 bridgehead atoms. The van der Waals surface area contributed by atoms with Crippen molar-refractivity contribution in [3.05, 3.63) is 64.7 Å². The van der Waals surface area contributed by atoms with Gasteiger partial charge in [0.25, 0.3) is 0 Å². The standard InChI is InChI=1S/C19H21ClN2O3/c1-25-17-9-5-3-6-14(17)10-11-21-18(23)12-19(24)22-13-15-7-2-4-8-16(15)20/h2-9H,10-13H2,1H3,(H,21,23)(H,22,24). The molecule has 0 radical (unpaired) electrons.